The monoisotopic (exact) mass is 272 g/mol. The summed E-state index contributed by atoms with van der Waals surface area (Å²) in [6, 6.07) is 0. The molecule has 1 N–H and O–H groups in total. The van der Waals surface area contributed by atoms with Crippen LogP contribution < -0.4 is 4.87 Å². The van der Waals surface area contributed by atoms with Gasteiger partial charge in [0, 0.05) is 36.6 Å². The van der Waals surface area contributed by atoms with Crippen molar-refractivity contribution in [2.75, 3.05) is 19.7 Å². The molecular weight excluding hydrogens is 252 g/mol. The third-order valence-corrected chi connectivity index (χ3v) is 4.03. The molecule has 1 rings (SSSR count). The molecule has 5 nitrogen and oxygen atoms in total. The Morgan fingerprint density at radius 1 is 1.44 bits per heavy atom. The van der Waals surface area contributed by atoms with Gasteiger partial charge in [0.1, 0.15) is 0 Å². The Morgan fingerprint density at radius 2 is 2.11 bits per heavy atom. The summed E-state index contributed by atoms with van der Waals surface area (Å²) in [7, 11) is 0. The Labute approximate surface area is 111 Å². The third-order valence-electron chi connectivity index (χ3n) is 3.03. The number of rotatable bonds is 6. The first kappa shape index (κ1) is 14.9. The van der Waals surface area contributed by atoms with E-state index in [1.165, 1.54) is 11.3 Å². The summed E-state index contributed by atoms with van der Waals surface area (Å²) in [4.78, 5) is 26.1. The van der Waals surface area contributed by atoms with Crippen LogP contribution in [0.25, 0.3) is 0 Å². The minimum absolute atomic E-state index is 0.0111. The van der Waals surface area contributed by atoms with Crippen molar-refractivity contribution in [3.8, 4) is 0 Å². The van der Waals surface area contributed by atoms with Crippen LogP contribution in [0, 0.1) is 13.8 Å². The van der Waals surface area contributed by atoms with Gasteiger partial charge in [0.05, 0.1) is 6.61 Å². The van der Waals surface area contributed by atoms with Gasteiger partial charge >= 0.3 is 4.87 Å². The van der Waals surface area contributed by atoms with Crippen molar-refractivity contribution in [1.82, 2.24) is 9.47 Å². The lowest BCUT2D eigenvalue weighted by Crippen LogP contribution is -2.34. The topological polar surface area (TPSA) is 62.5 Å². The first-order valence-electron chi connectivity index (χ1n) is 6.06. The molecule has 0 bridgehead atoms. The zero-order valence-corrected chi connectivity index (χ0v) is 11.9. The van der Waals surface area contributed by atoms with Crippen LogP contribution >= 0.6 is 11.3 Å². The van der Waals surface area contributed by atoms with Gasteiger partial charge in [-0.3, -0.25) is 9.59 Å². The number of nitrogens with zero attached hydrogens (tertiary/aromatic N) is 2. The highest BCUT2D eigenvalue weighted by Crippen LogP contribution is 2.10. The molecule has 0 aliphatic carbocycles. The highest BCUT2D eigenvalue weighted by Gasteiger charge is 2.13. The highest BCUT2D eigenvalue weighted by atomic mass is 32.1. The fourth-order valence-electron chi connectivity index (χ4n) is 1.79. The molecule has 0 spiro atoms. The second-order valence-electron chi connectivity index (χ2n) is 4.11. The molecule has 18 heavy (non-hydrogen) atoms. The van der Waals surface area contributed by atoms with E-state index >= 15 is 0 Å². The van der Waals surface area contributed by atoms with E-state index in [0.29, 0.717) is 26.1 Å². The second-order valence-corrected chi connectivity index (χ2v) is 5.27. The number of amides is 1. The number of likely N-dealkylation sites (N-methyl/N-ethyl adjacent to an activating group) is 1. The van der Waals surface area contributed by atoms with Crippen molar-refractivity contribution < 1.29 is 9.90 Å². The molecule has 6 heteroatoms. The smallest absolute Gasteiger partial charge is 0.307 e. The lowest BCUT2D eigenvalue weighted by molar-refractivity contribution is -0.131. The first-order valence-corrected chi connectivity index (χ1v) is 6.88. The highest BCUT2D eigenvalue weighted by molar-refractivity contribution is 7.09. The van der Waals surface area contributed by atoms with Crippen LogP contribution in [-0.2, 0) is 11.3 Å². The van der Waals surface area contributed by atoms with Gasteiger partial charge in [-0.05, 0) is 20.8 Å². The van der Waals surface area contributed by atoms with E-state index in [1.807, 2.05) is 20.8 Å². The summed E-state index contributed by atoms with van der Waals surface area (Å²) in [5.74, 6) is -0.0262. The third kappa shape index (κ3) is 3.43. The van der Waals surface area contributed by atoms with Gasteiger partial charge in [-0.15, -0.1) is 0 Å². The normalized spacial score (nSPS) is 10.7. The molecule has 0 saturated carbocycles. The summed E-state index contributed by atoms with van der Waals surface area (Å²) in [5.41, 5.74) is 0.933. The molecule has 0 aromatic carbocycles. The number of hydrogen-bond acceptors (Lipinski definition) is 4. The van der Waals surface area contributed by atoms with Gasteiger partial charge in [-0.2, -0.15) is 0 Å². The average Bonchev–Trinajstić information content (AvgIpc) is 2.58. The molecule has 0 radical (unpaired) electrons. The van der Waals surface area contributed by atoms with Crippen LogP contribution in [0.5, 0.6) is 0 Å². The molecule has 1 amide bonds. The van der Waals surface area contributed by atoms with E-state index in [2.05, 4.69) is 0 Å². The van der Waals surface area contributed by atoms with Crippen LogP contribution in [0.4, 0.5) is 0 Å². The number of carbonyl (C=O) groups is 1. The van der Waals surface area contributed by atoms with Crippen LogP contribution in [0.2, 0.25) is 0 Å². The summed E-state index contributed by atoms with van der Waals surface area (Å²) in [6.45, 7) is 6.99. The van der Waals surface area contributed by atoms with E-state index in [0.717, 1.165) is 10.6 Å². The number of aryl methyl sites for hydroxylation is 1. The fraction of sp³-hybridized carbons (Fsp3) is 0.667. The van der Waals surface area contributed by atoms with Gasteiger partial charge in [0.15, 0.2) is 0 Å². The predicted molar refractivity (Wildman–Crippen MR) is 72.0 cm³/mol. The van der Waals surface area contributed by atoms with E-state index in [4.69, 9.17) is 5.11 Å². The zero-order valence-electron chi connectivity index (χ0n) is 11.1. The Morgan fingerprint density at radius 3 is 2.56 bits per heavy atom. The summed E-state index contributed by atoms with van der Waals surface area (Å²) in [6.07, 6.45) is 0.296. The molecule has 0 atom stereocenters. The molecule has 0 saturated heterocycles. The summed E-state index contributed by atoms with van der Waals surface area (Å²) < 4.78 is 1.64. The van der Waals surface area contributed by atoms with Crippen molar-refractivity contribution >= 4 is 17.2 Å². The second kappa shape index (κ2) is 6.70. The van der Waals surface area contributed by atoms with Gasteiger partial charge in [0.25, 0.3) is 0 Å². The largest absolute Gasteiger partial charge is 0.395 e. The van der Waals surface area contributed by atoms with E-state index in [9.17, 15) is 9.59 Å². The van der Waals surface area contributed by atoms with Gasteiger partial charge in [0.2, 0.25) is 5.91 Å². The fourth-order valence-corrected chi connectivity index (χ4v) is 2.65. The van der Waals surface area contributed by atoms with Gasteiger partial charge in [-0.25, -0.2) is 0 Å². The maximum atomic E-state index is 11.9. The number of hydrogen-bond donors (Lipinski definition) is 1. The van der Waals surface area contributed by atoms with Gasteiger partial charge < -0.3 is 14.6 Å². The quantitative estimate of drug-likeness (QED) is 0.831. The summed E-state index contributed by atoms with van der Waals surface area (Å²) in [5, 5.41) is 8.85. The molecule has 0 aliphatic rings. The molecule has 0 fully saturated rings. The molecule has 1 heterocycles. The molecular formula is C12H20N2O3S. The average molecular weight is 272 g/mol. The number of aliphatic hydroxyl groups excluding tert-OH is 1. The SMILES string of the molecule is CCN(CCO)C(=O)CCn1c(C)c(C)sc1=O. The van der Waals surface area contributed by atoms with Crippen LogP contribution in [0.15, 0.2) is 4.79 Å². The Hall–Kier alpha value is -1.14. The first-order chi connectivity index (χ1) is 8.51. The van der Waals surface area contributed by atoms with E-state index in [1.54, 1.807) is 9.47 Å². The van der Waals surface area contributed by atoms with E-state index < -0.39 is 0 Å². The van der Waals surface area contributed by atoms with Crippen molar-refractivity contribution in [3.63, 3.8) is 0 Å². The number of thiazole rings is 1. The Bertz CT molecular complexity index is 464. The predicted octanol–water partition coefficient (Wildman–Crippen LogP) is 0.758. The van der Waals surface area contributed by atoms with Crippen molar-refractivity contribution in [3.05, 3.63) is 20.2 Å². The van der Waals surface area contributed by atoms with E-state index in [-0.39, 0.29) is 17.4 Å². The molecule has 1 aromatic heterocycles. The number of aromatic nitrogens is 1. The van der Waals surface area contributed by atoms with Crippen LogP contribution in [0.1, 0.15) is 23.9 Å². The number of carbonyl (C=O) groups excluding carboxylic acids is 1. The maximum Gasteiger partial charge on any atom is 0.307 e. The lowest BCUT2D eigenvalue weighted by atomic mass is 10.3. The minimum Gasteiger partial charge on any atom is -0.395 e. The maximum absolute atomic E-state index is 11.9. The minimum atomic E-state index is -0.0316. The molecule has 0 aliphatic heterocycles. The Balaban J connectivity index is 2.65. The zero-order chi connectivity index (χ0) is 13.7. The number of aliphatic hydroxyl groups is 1. The van der Waals surface area contributed by atoms with Gasteiger partial charge in [-0.1, -0.05) is 11.3 Å². The Kier molecular flexibility index (Phi) is 5.55. The molecule has 1 aromatic rings. The van der Waals surface area contributed by atoms with Crippen molar-refractivity contribution in [2.24, 2.45) is 0 Å². The van der Waals surface area contributed by atoms with Crippen LogP contribution in [-0.4, -0.2) is 40.2 Å². The molecule has 102 valence electrons. The lowest BCUT2D eigenvalue weighted by Gasteiger charge is -2.19. The van der Waals surface area contributed by atoms with Crippen LogP contribution in [0.3, 0.4) is 0 Å². The summed E-state index contributed by atoms with van der Waals surface area (Å²) >= 11 is 1.21. The molecule has 0 unspecified atom stereocenters. The van der Waals surface area contributed by atoms with Crippen molar-refractivity contribution in [1.29, 1.82) is 0 Å². The van der Waals surface area contributed by atoms with Crippen molar-refractivity contribution in [2.45, 2.75) is 33.7 Å². The standard InChI is InChI=1S/C12H20N2O3S/c1-4-13(7-8-15)11(16)5-6-14-9(2)10(3)18-12(14)17/h15H,4-8H2,1-3H3.